The van der Waals surface area contributed by atoms with Crippen molar-refractivity contribution in [1.82, 2.24) is 19.7 Å². The first-order valence-corrected chi connectivity index (χ1v) is 8.70. The highest BCUT2D eigenvalue weighted by Gasteiger charge is 2.38. The van der Waals surface area contributed by atoms with Crippen molar-refractivity contribution in [3.8, 4) is 11.4 Å². The van der Waals surface area contributed by atoms with Crippen LogP contribution < -0.4 is 4.74 Å². The predicted octanol–water partition coefficient (Wildman–Crippen LogP) is 2.58. The van der Waals surface area contributed by atoms with Gasteiger partial charge < -0.3 is 9.64 Å². The molecule has 0 saturated heterocycles. The van der Waals surface area contributed by atoms with Crippen molar-refractivity contribution < 1.29 is 9.53 Å². The second-order valence-corrected chi connectivity index (χ2v) is 6.60. The highest BCUT2D eigenvalue weighted by atomic mass is 16.5. The number of benzene rings is 1. The monoisotopic (exact) mass is 326 g/mol. The molecule has 2 aliphatic carbocycles. The SMILES string of the molecule is O=C(COc1cccc(-n2cncn2)c1)N(C1CCCC1)C1CC1. The van der Waals surface area contributed by atoms with Crippen LogP contribution in [0.1, 0.15) is 38.5 Å². The number of carbonyl (C=O) groups is 1. The maximum Gasteiger partial charge on any atom is 0.261 e. The maximum atomic E-state index is 12.7. The first-order valence-electron chi connectivity index (χ1n) is 8.70. The molecule has 4 rings (SSSR count). The third kappa shape index (κ3) is 3.27. The second-order valence-electron chi connectivity index (χ2n) is 6.60. The lowest BCUT2D eigenvalue weighted by Gasteiger charge is -2.29. The molecule has 0 spiro atoms. The summed E-state index contributed by atoms with van der Waals surface area (Å²) in [5.41, 5.74) is 0.868. The molecule has 126 valence electrons. The average Bonchev–Trinajstić information content (AvgIpc) is 3.06. The molecule has 6 heteroatoms. The van der Waals surface area contributed by atoms with Gasteiger partial charge in [-0.25, -0.2) is 9.67 Å². The second kappa shape index (κ2) is 6.63. The van der Waals surface area contributed by atoms with Gasteiger partial charge in [0, 0.05) is 18.2 Å². The molecule has 0 N–H and O–H groups in total. The number of rotatable bonds is 6. The van der Waals surface area contributed by atoms with Gasteiger partial charge in [-0.2, -0.15) is 5.10 Å². The van der Waals surface area contributed by atoms with E-state index in [4.69, 9.17) is 4.74 Å². The smallest absolute Gasteiger partial charge is 0.261 e. The molecule has 1 heterocycles. The fourth-order valence-corrected chi connectivity index (χ4v) is 3.52. The van der Waals surface area contributed by atoms with Crippen molar-refractivity contribution in [2.75, 3.05) is 6.61 Å². The summed E-state index contributed by atoms with van der Waals surface area (Å²) in [6.07, 6.45) is 10.2. The lowest BCUT2D eigenvalue weighted by Crippen LogP contribution is -2.43. The van der Waals surface area contributed by atoms with E-state index in [2.05, 4.69) is 15.0 Å². The van der Waals surface area contributed by atoms with Gasteiger partial charge in [0.2, 0.25) is 0 Å². The molecule has 0 radical (unpaired) electrons. The Bertz CT molecular complexity index is 691. The summed E-state index contributed by atoms with van der Waals surface area (Å²) in [7, 11) is 0. The van der Waals surface area contributed by atoms with Crippen LogP contribution in [-0.4, -0.2) is 44.3 Å². The van der Waals surface area contributed by atoms with Gasteiger partial charge in [0.05, 0.1) is 5.69 Å². The van der Waals surface area contributed by atoms with E-state index in [1.54, 1.807) is 11.0 Å². The molecule has 2 aliphatic rings. The van der Waals surface area contributed by atoms with Crippen molar-refractivity contribution in [3.05, 3.63) is 36.9 Å². The molecule has 0 bridgehead atoms. The van der Waals surface area contributed by atoms with E-state index in [1.165, 1.54) is 19.2 Å². The zero-order chi connectivity index (χ0) is 16.4. The zero-order valence-electron chi connectivity index (χ0n) is 13.7. The topological polar surface area (TPSA) is 60.3 Å². The standard InChI is InChI=1S/C18H22N4O2/c23-18(22(15-8-9-15)14-4-1-2-5-14)11-24-17-7-3-6-16(10-17)21-13-19-12-20-21/h3,6-7,10,12-15H,1-2,4-5,8-9,11H2. The van der Waals surface area contributed by atoms with Crippen LogP contribution in [0.3, 0.4) is 0 Å². The van der Waals surface area contributed by atoms with Crippen LogP contribution in [0.5, 0.6) is 5.75 Å². The van der Waals surface area contributed by atoms with E-state index in [1.807, 2.05) is 24.3 Å². The Morgan fingerprint density at radius 3 is 2.71 bits per heavy atom. The van der Waals surface area contributed by atoms with Crippen molar-refractivity contribution in [3.63, 3.8) is 0 Å². The number of nitrogens with zero attached hydrogens (tertiary/aromatic N) is 4. The summed E-state index contributed by atoms with van der Waals surface area (Å²) in [6, 6.07) is 8.44. The molecule has 0 atom stereocenters. The normalized spacial score (nSPS) is 17.8. The minimum absolute atomic E-state index is 0.105. The van der Waals surface area contributed by atoms with E-state index >= 15 is 0 Å². The number of hydrogen-bond acceptors (Lipinski definition) is 4. The molecule has 2 saturated carbocycles. The molecule has 0 aliphatic heterocycles. The minimum Gasteiger partial charge on any atom is -0.484 e. The molecular formula is C18H22N4O2. The van der Waals surface area contributed by atoms with Crippen LogP contribution in [0.25, 0.3) is 5.69 Å². The van der Waals surface area contributed by atoms with E-state index in [9.17, 15) is 4.79 Å². The Labute approximate surface area is 141 Å². The summed E-state index contributed by atoms with van der Waals surface area (Å²) in [5, 5.41) is 4.11. The van der Waals surface area contributed by atoms with Crippen molar-refractivity contribution in [1.29, 1.82) is 0 Å². The Kier molecular flexibility index (Phi) is 4.19. The van der Waals surface area contributed by atoms with Gasteiger partial charge in [0.25, 0.3) is 5.91 Å². The molecule has 2 fully saturated rings. The molecular weight excluding hydrogens is 304 g/mol. The van der Waals surface area contributed by atoms with Crippen molar-refractivity contribution in [2.24, 2.45) is 0 Å². The largest absolute Gasteiger partial charge is 0.484 e. The van der Waals surface area contributed by atoms with Gasteiger partial charge in [-0.1, -0.05) is 18.9 Å². The molecule has 24 heavy (non-hydrogen) atoms. The number of carbonyl (C=O) groups excluding carboxylic acids is 1. The lowest BCUT2D eigenvalue weighted by atomic mass is 10.2. The van der Waals surface area contributed by atoms with Gasteiger partial charge in [-0.15, -0.1) is 0 Å². The van der Waals surface area contributed by atoms with Crippen LogP contribution >= 0.6 is 0 Å². The highest BCUT2D eigenvalue weighted by molar-refractivity contribution is 5.79. The fraction of sp³-hybridized carbons (Fsp3) is 0.500. The quantitative estimate of drug-likeness (QED) is 0.818. The van der Waals surface area contributed by atoms with E-state index in [0.29, 0.717) is 17.8 Å². The number of ether oxygens (including phenoxy) is 1. The van der Waals surface area contributed by atoms with Gasteiger partial charge in [-0.05, 0) is 37.8 Å². The summed E-state index contributed by atoms with van der Waals surface area (Å²) < 4.78 is 7.44. The fourth-order valence-electron chi connectivity index (χ4n) is 3.52. The number of amides is 1. The Morgan fingerprint density at radius 1 is 1.21 bits per heavy atom. The Balaban J connectivity index is 1.40. The Morgan fingerprint density at radius 2 is 2.00 bits per heavy atom. The van der Waals surface area contributed by atoms with Gasteiger partial charge in [-0.3, -0.25) is 4.79 Å². The number of hydrogen-bond donors (Lipinski definition) is 0. The summed E-state index contributed by atoms with van der Waals surface area (Å²) in [5.74, 6) is 0.800. The molecule has 1 amide bonds. The molecule has 2 aromatic rings. The average molecular weight is 326 g/mol. The van der Waals surface area contributed by atoms with Gasteiger partial charge >= 0.3 is 0 Å². The maximum absolute atomic E-state index is 12.7. The van der Waals surface area contributed by atoms with Crippen LogP contribution in [0.15, 0.2) is 36.9 Å². The third-order valence-corrected chi connectivity index (χ3v) is 4.81. The molecule has 1 aromatic carbocycles. The molecule has 6 nitrogen and oxygen atoms in total. The van der Waals surface area contributed by atoms with Gasteiger partial charge in [0.1, 0.15) is 18.4 Å². The number of aromatic nitrogens is 3. The highest BCUT2D eigenvalue weighted by Crippen LogP contribution is 2.34. The predicted molar refractivity (Wildman–Crippen MR) is 89.0 cm³/mol. The van der Waals surface area contributed by atoms with Crippen LogP contribution in [-0.2, 0) is 4.79 Å². The molecule has 0 unspecified atom stereocenters. The summed E-state index contributed by atoms with van der Waals surface area (Å²) in [6.45, 7) is 0.105. The van der Waals surface area contributed by atoms with E-state index < -0.39 is 0 Å². The van der Waals surface area contributed by atoms with Crippen LogP contribution in [0.2, 0.25) is 0 Å². The van der Waals surface area contributed by atoms with Crippen LogP contribution in [0.4, 0.5) is 0 Å². The third-order valence-electron chi connectivity index (χ3n) is 4.81. The first kappa shape index (κ1) is 15.2. The minimum atomic E-state index is 0.105. The van der Waals surface area contributed by atoms with E-state index in [0.717, 1.165) is 31.4 Å². The van der Waals surface area contributed by atoms with Crippen molar-refractivity contribution >= 4 is 5.91 Å². The molecule has 1 aromatic heterocycles. The summed E-state index contributed by atoms with van der Waals surface area (Å²) in [4.78, 5) is 18.7. The first-order chi connectivity index (χ1) is 11.8. The summed E-state index contributed by atoms with van der Waals surface area (Å²) >= 11 is 0. The van der Waals surface area contributed by atoms with E-state index in [-0.39, 0.29) is 12.5 Å². The zero-order valence-corrected chi connectivity index (χ0v) is 13.7. The Hall–Kier alpha value is -2.37. The van der Waals surface area contributed by atoms with Crippen LogP contribution in [0, 0.1) is 0 Å². The lowest BCUT2D eigenvalue weighted by molar-refractivity contribution is -0.136. The van der Waals surface area contributed by atoms with Gasteiger partial charge in [0.15, 0.2) is 6.61 Å². The van der Waals surface area contributed by atoms with Crippen molar-refractivity contribution in [2.45, 2.75) is 50.6 Å².